The molecule has 3 aromatic carbocycles. The molecule has 0 saturated heterocycles. The van der Waals surface area contributed by atoms with Crippen LogP contribution in [0.15, 0.2) is 72.8 Å². The molecule has 214 valence electrons. The van der Waals surface area contributed by atoms with E-state index < -0.39 is 40.2 Å². The third kappa shape index (κ3) is 8.43. The van der Waals surface area contributed by atoms with Gasteiger partial charge in [0.25, 0.3) is 0 Å². The lowest BCUT2D eigenvalue weighted by Gasteiger charge is -2.34. The summed E-state index contributed by atoms with van der Waals surface area (Å²) in [6.07, 6.45) is 1.75. The van der Waals surface area contributed by atoms with E-state index in [1.807, 2.05) is 44.2 Å². The first-order valence-electron chi connectivity index (χ1n) is 12.7. The van der Waals surface area contributed by atoms with Gasteiger partial charge in [-0.3, -0.25) is 13.9 Å². The summed E-state index contributed by atoms with van der Waals surface area (Å²) in [7, 11) is -3.98. The van der Waals surface area contributed by atoms with E-state index in [-0.39, 0.29) is 40.3 Å². The quantitative estimate of drug-likeness (QED) is 0.296. The largest absolute Gasteiger partial charge is 0.352 e. The van der Waals surface area contributed by atoms with E-state index in [1.54, 1.807) is 6.07 Å². The molecular weight excluding hydrogens is 576 g/mol. The number of hydrogen-bond acceptors (Lipinski definition) is 4. The minimum Gasteiger partial charge on any atom is -0.352 e. The van der Waals surface area contributed by atoms with E-state index in [0.717, 1.165) is 16.1 Å². The first kappa shape index (κ1) is 31.4. The van der Waals surface area contributed by atoms with Crippen LogP contribution in [0, 0.1) is 5.82 Å². The highest BCUT2D eigenvalue weighted by Gasteiger charge is 2.34. The van der Waals surface area contributed by atoms with Gasteiger partial charge in [0.1, 0.15) is 18.4 Å². The molecule has 0 aromatic heterocycles. The number of nitrogens with zero attached hydrogens (tertiary/aromatic N) is 2. The number of amides is 2. The maximum atomic E-state index is 14.8. The summed E-state index contributed by atoms with van der Waals surface area (Å²) in [5.41, 5.74) is 1.09. The molecule has 0 bridgehead atoms. The minimum absolute atomic E-state index is 0.110. The summed E-state index contributed by atoms with van der Waals surface area (Å²) in [6, 6.07) is 18.0. The number of carbonyl (C=O) groups is 2. The molecule has 1 N–H and O–H groups in total. The Morgan fingerprint density at radius 1 is 0.975 bits per heavy atom. The van der Waals surface area contributed by atoms with Gasteiger partial charge >= 0.3 is 0 Å². The van der Waals surface area contributed by atoms with Crippen LogP contribution in [0.3, 0.4) is 0 Å². The molecular formula is C29H32Cl2FN3O4S. The first-order valence-corrected chi connectivity index (χ1v) is 15.3. The number of halogens is 3. The van der Waals surface area contributed by atoms with Gasteiger partial charge in [-0.25, -0.2) is 12.8 Å². The van der Waals surface area contributed by atoms with Crippen LogP contribution in [0.5, 0.6) is 0 Å². The van der Waals surface area contributed by atoms with Crippen molar-refractivity contribution in [3.8, 4) is 0 Å². The summed E-state index contributed by atoms with van der Waals surface area (Å²) in [5, 5.41) is 3.25. The van der Waals surface area contributed by atoms with Gasteiger partial charge in [-0.2, -0.15) is 0 Å². The van der Waals surface area contributed by atoms with Crippen LogP contribution in [0.25, 0.3) is 0 Å². The molecule has 3 rings (SSSR count). The predicted molar refractivity (Wildman–Crippen MR) is 157 cm³/mol. The van der Waals surface area contributed by atoms with Crippen molar-refractivity contribution in [1.82, 2.24) is 10.2 Å². The number of hydrogen-bond donors (Lipinski definition) is 1. The number of benzene rings is 3. The van der Waals surface area contributed by atoms with Crippen LogP contribution in [-0.2, 0) is 32.6 Å². The third-order valence-electron chi connectivity index (χ3n) is 6.44. The zero-order valence-electron chi connectivity index (χ0n) is 22.5. The zero-order chi connectivity index (χ0) is 29.4. The molecule has 2 amide bonds. The molecule has 0 heterocycles. The Morgan fingerprint density at radius 2 is 1.62 bits per heavy atom. The standard InChI is InChI=1S/C29H32Cl2FN3O4S/c1-4-20(2)33-29(37)27(16-21-10-6-5-7-11-21)34(18-22-12-8-9-13-26(22)32)28(36)19-35(40(3,38)39)23-14-15-24(30)25(31)17-23/h5-15,17,20,27H,4,16,18-19H2,1-3H3,(H,33,37)/t20-,27+/m1/s1. The number of rotatable bonds is 12. The predicted octanol–water partition coefficient (Wildman–Crippen LogP) is 5.45. The highest BCUT2D eigenvalue weighted by Crippen LogP contribution is 2.29. The van der Waals surface area contributed by atoms with E-state index in [9.17, 15) is 22.4 Å². The van der Waals surface area contributed by atoms with Crippen LogP contribution >= 0.6 is 23.2 Å². The second-order valence-corrected chi connectivity index (χ2v) is 12.2. The lowest BCUT2D eigenvalue weighted by Crippen LogP contribution is -2.54. The molecule has 3 aromatic rings. The zero-order valence-corrected chi connectivity index (χ0v) is 24.8. The number of carbonyl (C=O) groups excluding carboxylic acids is 2. The normalized spacial score (nSPS) is 12.8. The average molecular weight is 609 g/mol. The van der Waals surface area contributed by atoms with E-state index in [1.165, 1.54) is 41.3 Å². The SMILES string of the molecule is CC[C@@H](C)NC(=O)[C@H](Cc1ccccc1)N(Cc1ccccc1F)C(=O)CN(c1ccc(Cl)c(Cl)c1)S(C)(=O)=O. The molecule has 0 aliphatic carbocycles. The Hall–Kier alpha value is -3.14. The fraction of sp³-hybridized carbons (Fsp3) is 0.310. The Labute approximate surface area is 244 Å². The molecule has 7 nitrogen and oxygen atoms in total. The molecule has 2 atom stereocenters. The van der Waals surface area contributed by atoms with E-state index >= 15 is 0 Å². The Bertz CT molecular complexity index is 1440. The highest BCUT2D eigenvalue weighted by atomic mass is 35.5. The number of anilines is 1. The van der Waals surface area contributed by atoms with Gasteiger partial charge in [0.2, 0.25) is 21.8 Å². The van der Waals surface area contributed by atoms with Crippen molar-refractivity contribution in [2.75, 3.05) is 17.1 Å². The topological polar surface area (TPSA) is 86.8 Å². The minimum atomic E-state index is -3.98. The van der Waals surface area contributed by atoms with E-state index in [0.29, 0.717) is 6.42 Å². The van der Waals surface area contributed by atoms with Crippen LogP contribution in [0.2, 0.25) is 10.0 Å². The molecule has 0 aliphatic heterocycles. The molecule has 11 heteroatoms. The van der Waals surface area contributed by atoms with Crippen molar-refractivity contribution in [3.63, 3.8) is 0 Å². The van der Waals surface area contributed by atoms with Crippen molar-refractivity contribution in [2.45, 2.75) is 45.3 Å². The van der Waals surface area contributed by atoms with E-state index in [4.69, 9.17) is 23.2 Å². The molecule has 0 radical (unpaired) electrons. The highest BCUT2D eigenvalue weighted by molar-refractivity contribution is 7.92. The first-order chi connectivity index (χ1) is 18.9. The van der Waals surface area contributed by atoms with Crippen molar-refractivity contribution in [2.24, 2.45) is 0 Å². The van der Waals surface area contributed by atoms with Gasteiger partial charge < -0.3 is 10.2 Å². The van der Waals surface area contributed by atoms with Crippen molar-refractivity contribution < 1.29 is 22.4 Å². The van der Waals surface area contributed by atoms with Crippen molar-refractivity contribution in [3.05, 3.63) is 99.8 Å². The van der Waals surface area contributed by atoms with Gasteiger partial charge in [-0.1, -0.05) is 78.7 Å². The number of nitrogens with one attached hydrogen (secondary N) is 1. The lowest BCUT2D eigenvalue weighted by molar-refractivity contribution is -0.140. The molecule has 40 heavy (non-hydrogen) atoms. The van der Waals surface area contributed by atoms with E-state index in [2.05, 4.69) is 5.32 Å². The second kappa shape index (κ2) is 14.0. The second-order valence-electron chi connectivity index (χ2n) is 9.50. The Kier molecular flexibility index (Phi) is 11.0. The summed E-state index contributed by atoms with van der Waals surface area (Å²) < 4.78 is 41.3. The van der Waals surface area contributed by atoms with Crippen LogP contribution in [0.4, 0.5) is 10.1 Å². The van der Waals surface area contributed by atoms with Crippen molar-refractivity contribution in [1.29, 1.82) is 0 Å². The third-order valence-corrected chi connectivity index (χ3v) is 8.32. The van der Waals surface area contributed by atoms with Crippen molar-refractivity contribution >= 4 is 50.7 Å². The van der Waals surface area contributed by atoms with Crippen LogP contribution in [0.1, 0.15) is 31.4 Å². The molecule has 0 saturated carbocycles. The van der Waals surface area contributed by atoms with Crippen LogP contribution in [-0.4, -0.2) is 50.0 Å². The van der Waals surface area contributed by atoms with Gasteiger partial charge in [0.15, 0.2) is 0 Å². The van der Waals surface area contributed by atoms with Gasteiger partial charge in [-0.05, 0) is 43.2 Å². The molecule has 0 aliphatic rings. The average Bonchev–Trinajstić information content (AvgIpc) is 2.91. The fourth-order valence-corrected chi connectivity index (χ4v) is 5.19. The summed E-state index contributed by atoms with van der Waals surface area (Å²) in [6.45, 7) is 2.86. The smallest absolute Gasteiger partial charge is 0.244 e. The summed E-state index contributed by atoms with van der Waals surface area (Å²) in [4.78, 5) is 28.8. The maximum absolute atomic E-state index is 14.8. The fourth-order valence-electron chi connectivity index (χ4n) is 4.06. The van der Waals surface area contributed by atoms with Gasteiger partial charge in [0.05, 0.1) is 22.0 Å². The lowest BCUT2D eigenvalue weighted by atomic mass is 10.0. The molecule has 0 spiro atoms. The summed E-state index contributed by atoms with van der Waals surface area (Å²) >= 11 is 12.1. The Morgan fingerprint density at radius 3 is 2.23 bits per heavy atom. The maximum Gasteiger partial charge on any atom is 0.244 e. The molecule has 0 fully saturated rings. The number of sulfonamides is 1. The van der Waals surface area contributed by atoms with Crippen LogP contribution < -0.4 is 9.62 Å². The molecule has 0 unspecified atom stereocenters. The van der Waals surface area contributed by atoms with Gasteiger partial charge in [0, 0.05) is 24.6 Å². The van der Waals surface area contributed by atoms with Gasteiger partial charge in [-0.15, -0.1) is 0 Å². The monoisotopic (exact) mass is 607 g/mol. The Balaban J connectivity index is 2.08. The summed E-state index contributed by atoms with van der Waals surface area (Å²) in [5.74, 6) is -1.67.